The molecule has 0 bridgehead atoms. The van der Waals surface area contributed by atoms with Gasteiger partial charge in [0.2, 0.25) is 5.28 Å². The van der Waals surface area contributed by atoms with Gasteiger partial charge in [-0.05, 0) is 48.7 Å². The van der Waals surface area contributed by atoms with Crippen LogP contribution in [0.2, 0.25) is 5.28 Å². The maximum atomic E-state index is 6.08. The molecule has 0 atom stereocenters. The zero-order valence-corrected chi connectivity index (χ0v) is 10.2. The summed E-state index contributed by atoms with van der Waals surface area (Å²) < 4.78 is 7.03. The number of ether oxygens (including phenoxy) is 1. The van der Waals surface area contributed by atoms with Crippen molar-refractivity contribution in [2.24, 2.45) is 0 Å². The van der Waals surface area contributed by atoms with Gasteiger partial charge < -0.3 is 4.74 Å². The first-order valence-electron chi connectivity index (χ1n) is 5.55. The van der Waals surface area contributed by atoms with Crippen LogP contribution >= 0.6 is 11.6 Å². The zero-order chi connectivity index (χ0) is 11.8. The van der Waals surface area contributed by atoms with Crippen LogP contribution in [0, 0.1) is 0 Å². The maximum absolute atomic E-state index is 6.08. The third-order valence-electron chi connectivity index (χ3n) is 2.92. The van der Waals surface area contributed by atoms with Crippen molar-refractivity contribution in [3.05, 3.63) is 35.4 Å². The summed E-state index contributed by atoms with van der Waals surface area (Å²) in [6, 6.07) is 7.73. The lowest BCUT2D eigenvalue weighted by molar-refractivity contribution is 0.414. The molecule has 3 rings (SSSR count). The highest BCUT2D eigenvalue weighted by atomic mass is 35.5. The minimum atomic E-state index is 0.414. The van der Waals surface area contributed by atoms with E-state index in [4.69, 9.17) is 16.3 Å². The van der Waals surface area contributed by atoms with E-state index in [1.807, 2.05) is 28.8 Å². The molecule has 0 radical (unpaired) electrons. The van der Waals surface area contributed by atoms with Crippen molar-refractivity contribution in [2.75, 3.05) is 7.11 Å². The molecule has 4 nitrogen and oxygen atoms in total. The topological polar surface area (TPSA) is 39.9 Å². The monoisotopic (exact) mass is 249 g/mol. The van der Waals surface area contributed by atoms with Gasteiger partial charge in [0.1, 0.15) is 11.6 Å². The summed E-state index contributed by atoms with van der Waals surface area (Å²) in [5.74, 6) is 2.29. The third-order valence-corrected chi connectivity index (χ3v) is 3.17. The predicted octanol–water partition coefficient (Wildman–Crippen LogP) is 2.81. The summed E-state index contributed by atoms with van der Waals surface area (Å²) in [6.45, 7) is 0. The molecule has 1 fully saturated rings. The van der Waals surface area contributed by atoms with Crippen LogP contribution in [-0.4, -0.2) is 21.9 Å². The number of rotatable bonds is 3. The van der Waals surface area contributed by atoms with Gasteiger partial charge in [0, 0.05) is 5.92 Å². The normalized spacial score (nSPS) is 14.9. The molecule has 0 spiro atoms. The second kappa shape index (κ2) is 4.04. The Labute approximate surface area is 104 Å². The molecule has 1 aromatic carbocycles. The molecule has 1 heterocycles. The number of benzene rings is 1. The van der Waals surface area contributed by atoms with E-state index in [-0.39, 0.29) is 0 Å². The van der Waals surface area contributed by atoms with E-state index in [1.54, 1.807) is 7.11 Å². The van der Waals surface area contributed by atoms with Gasteiger partial charge in [0.05, 0.1) is 12.8 Å². The van der Waals surface area contributed by atoms with Crippen LogP contribution < -0.4 is 4.74 Å². The highest BCUT2D eigenvalue weighted by Crippen LogP contribution is 2.40. The Bertz CT molecular complexity index is 531. The van der Waals surface area contributed by atoms with Crippen molar-refractivity contribution < 1.29 is 4.74 Å². The van der Waals surface area contributed by atoms with Crippen LogP contribution in [0.4, 0.5) is 0 Å². The van der Waals surface area contributed by atoms with Crippen molar-refractivity contribution in [1.82, 2.24) is 14.8 Å². The number of aromatic nitrogens is 3. The lowest BCUT2D eigenvalue weighted by atomic mass is 10.3. The first-order valence-corrected chi connectivity index (χ1v) is 5.92. The average molecular weight is 250 g/mol. The van der Waals surface area contributed by atoms with Crippen molar-refractivity contribution >= 4 is 11.6 Å². The molecule has 0 N–H and O–H groups in total. The van der Waals surface area contributed by atoms with E-state index >= 15 is 0 Å². The summed E-state index contributed by atoms with van der Waals surface area (Å²) in [5, 5.41) is 8.50. The van der Waals surface area contributed by atoms with Crippen molar-refractivity contribution in [3.8, 4) is 11.4 Å². The van der Waals surface area contributed by atoms with Crippen molar-refractivity contribution in [1.29, 1.82) is 0 Å². The summed E-state index contributed by atoms with van der Waals surface area (Å²) in [4.78, 5) is 0. The summed E-state index contributed by atoms with van der Waals surface area (Å²) in [7, 11) is 1.65. The standard InChI is InChI=1S/C12H12ClN3O/c1-17-10-6-4-9(5-7-10)16-11(8-2-3-8)14-15-12(16)13/h4-8H,2-3H2,1H3. The molecular weight excluding hydrogens is 238 g/mol. The lowest BCUT2D eigenvalue weighted by Gasteiger charge is -2.07. The first kappa shape index (κ1) is 10.6. The lowest BCUT2D eigenvalue weighted by Crippen LogP contribution is -2.00. The molecule has 17 heavy (non-hydrogen) atoms. The summed E-state index contributed by atoms with van der Waals surface area (Å²) >= 11 is 6.08. The molecule has 2 aromatic rings. The molecule has 0 unspecified atom stereocenters. The highest BCUT2D eigenvalue weighted by Gasteiger charge is 2.30. The zero-order valence-electron chi connectivity index (χ0n) is 9.43. The van der Waals surface area contributed by atoms with Gasteiger partial charge in [0.15, 0.2) is 0 Å². The second-order valence-electron chi connectivity index (χ2n) is 4.13. The molecule has 1 saturated carbocycles. The van der Waals surface area contributed by atoms with Crippen LogP contribution in [0.3, 0.4) is 0 Å². The Morgan fingerprint density at radius 1 is 1.24 bits per heavy atom. The Hall–Kier alpha value is -1.55. The molecule has 1 aliphatic rings. The Morgan fingerprint density at radius 2 is 1.94 bits per heavy atom. The summed E-state index contributed by atoms with van der Waals surface area (Å²) in [6.07, 6.45) is 2.34. The van der Waals surface area contributed by atoms with Crippen LogP contribution in [0.15, 0.2) is 24.3 Å². The molecule has 1 aromatic heterocycles. The number of halogens is 1. The van der Waals surface area contributed by atoms with Gasteiger partial charge in [0.25, 0.3) is 0 Å². The number of hydrogen-bond donors (Lipinski definition) is 0. The molecule has 0 amide bonds. The van der Waals surface area contributed by atoms with Gasteiger partial charge in [-0.25, -0.2) is 0 Å². The summed E-state index contributed by atoms with van der Waals surface area (Å²) in [5.41, 5.74) is 0.975. The smallest absolute Gasteiger partial charge is 0.229 e. The number of methoxy groups -OCH3 is 1. The number of hydrogen-bond acceptors (Lipinski definition) is 3. The van der Waals surface area contributed by atoms with E-state index in [0.717, 1.165) is 17.3 Å². The van der Waals surface area contributed by atoms with Gasteiger partial charge in [-0.1, -0.05) is 0 Å². The van der Waals surface area contributed by atoms with Gasteiger partial charge in [-0.15, -0.1) is 10.2 Å². The van der Waals surface area contributed by atoms with Gasteiger partial charge >= 0.3 is 0 Å². The van der Waals surface area contributed by atoms with E-state index in [1.165, 1.54) is 12.8 Å². The van der Waals surface area contributed by atoms with Crippen LogP contribution in [0.5, 0.6) is 5.75 Å². The third kappa shape index (κ3) is 1.89. The SMILES string of the molecule is COc1ccc(-n2c(Cl)nnc2C2CC2)cc1. The number of nitrogens with zero attached hydrogens (tertiary/aromatic N) is 3. The second-order valence-corrected chi connectivity index (χ2v) is 4.47. The molecule has 1 aliphatic carbocycles. The van der Waals surface area contributed by atoms with Gasteiger partial charge in [-0.2, -0.15) is 0 Å². The molecular formula is C12H12ClN3O. The Balaban J connectivity index is 2.04. The van der Waals surface area contributed by atoms with Crippen LogP contribution in [0.1, 0.15) is 24.6 Å². The molecule has 0 saturated heterocycles. The van der Waals surface area contributed by atoms with Crippen LogP contribution in [-0.2, 0) is 0 Å². The average Bonchev–Trinajstić information content (AvgIpc) is 3.13. The quantitative estimate of drug-likeness (QED) is 0.840. The van der Waals surface area contributed by atoms with Crippen LogP contribution in [0.25, 0.3) is 5.69 Å². The Kier molecular flexibility index (Phi) is 2.52. The fraction of sp³-hybridized carbons (Fsp3) is 0.333. The largest absolute Gasteiger partial charge is 0.497 e. The van der Waals surface area contributed by atoms with E-state index in [9.17, 15) is 0 Å². The van der Waals surface area contributed by atoms with Gasteiger partial charge in [-0.3, -0.25) is 4.57 Å². The van der Waals surface area contributed by atoms with E-state index in [0.29, 0.717) is 11.2 Å². The molecule has 88 valence electrons. The maximum Gasteiger partial charge on any atom is 0.229 e. The van der Waals surface area contributed by atoms with Crippen molar-refractivity contribution in [2.45, 2.75) is 18.8 Å². The minimum absolute atomic E-state index is 0.414. The predicted molar refractivity (Wildman–Crippen MR) is 64.9 cm³/mol. The fourth-order valence-electron chi connectivity index (χ4n) is 1.85. The molecule has 5 heteroatoms. The van der Waals surface area contributed by atoms with E-state index in [2.05, 4.69) is 10.2 Å². The fourth-order valence-corrected chi connectivity index (χ4v) is 2.07. The molecule has 0 aliphatic heterocycles. The Morgan fingerprint density at radius 3 is 2.53 bits per heavy atom. The van der Waals surface area contributed by atoms with Crippen molar-refractivity contribution in [3.63, 3.8) is 0 Å². The van der Waals surface area contributed by atoms with E-state index < -0.39 is 0 Å². The highest BCUT2D eigenvalue weighted by molar-refractivity contribution is 6.28. The minimum Gasteiger partial charge on any atom is -0.497 e. The first-order chi connectivity index (χ1) is 8.29.